The molecule has 3 rings (SSSR count). The van der Waals surface area contributed by atoms with Crippen molar-refractivity contribution in [3.05, 3.63) is 22.7 Å². The summed E-state index contributed by atoms with van der Waals surface area (Å²) in [5, 5.41) is 0.917. The summed E-state index contributed by atoms with van der Waals surface area (Å²) in [6.45, 7) is 2.18. The van der Waals surface area contributed by atoms with Crippen molar-refractivity contribution in [2.24, 2.45) is 0 Å². The molecule has 2 heterocycles. The first kappa shape index (κ1) is 17.2. The highest BCUT2D eigenvalue weighted by molar-refractivity contribution is 7.21. The number of nitrogens with zero attached hydrogens (tertiary/aromatic N) is 2. The van der Waals surface area contributed by atoms with E-state index in [0.717, 1.165) is 48.0 Å². The molecule has 1 amide bonds. The van der Waals surface area contributed by atoms with Gasteiger partial charge in [-0.1, -0.05) is 32.6 Å². The van der Waals surface area contributed by atoms with E-state index in [1.54, 1.807) is 0 Å². The number of nitrogens with two attached hydrogens (primary N) is 1. The van der Waals surface area contributed by atoms with Crippen LogP contribution in [-0.4, -0.2) is 28.9 Å². The largest absolute Gasteiger partial charge is 0.397 e. The van der Waals surface area contributed by atoms with Gasteiger partial charge in [-0.2, -0.15) is 0 Å². The molecule has 0 unspecified atom stereocenters. The van der Waals surface area contributed by atoms with Crippen molar-refractivity contribution >= 4 is 33.1 Å². The number of anilines is 1. The van der Waals surface area contributed by atoms with E-state index in [4.69, 9.17) is 10.7 Å². The Morgan fingerprint density at radius 1 is 1.33 bits per heavy atom. The molecule has 0 spiro atoms. The zero-order chi connectivity index (χ0) is 17.1. The number of rotatable bonds is 5. The molecule has 0 saturated heterocycles. The Balaban J connectivity index is 1.85. The molecular formula is C19H27N3OS. The molecule has 0 bridgehead atoms. The van der Waals surface area contributed by atoms with E-state index in [1.165, 1.54) is 30.6 Å². The van der Waals surface area contributed by atoms with Crippen LogP contribution >= 0.6 is 11.3 Å². The Morgan fingerprint density at radius 3 is 2.79 bits per heavy atom. The van der Waals surface area contributed by atoms with Crippen LogP contribution in [0.5, 0.6) is 0 Å². The van der Waals surface area contributed by atoms with Crippen molar-refractivity contribution in [3.63, 3.8) is 0 Å². The molecule has 1 saturated carbocycles. The van der Waals surface area contributed by atoms with Crippen molar-refractivity contribution in [3.8, 4) is 0 Å². The highest BCUT2D eigenvalue weighted by atomic mass is 32.1. The maximum absolute atomic E-state index is 12.9. The Bertz CT molecular complexity index is 719. The molecule has 1 aliphatic rings. The average molecular weight is 346 g/mol. The van der Waals surface area contributed by atoms with E-state index < -0.39 is 0 Å². The number of amides is 1. The maximum atomic E-state index is 12.9. The maximum Gasteiger partial charge on any atom is 0.266 e. The fourth-order valence-corrected chi connectivity index (χ4v) is 4.58. The zero-order valence-corrected chi connectivity index (χ0v) is 15.5. The highest BCUT2D eigenvalue weighted by Gasteiger charge is 2.26. The quantitative estimate of drug-likeness (QED) is 0.860. The summed E-state index contributed by atoms with van der Waals surface area (Å²) < 4.78 is 0. The summed E-state index contributed by atoms with van der Waals surface area (Å²) in [4.78, 5) is 21.1. The van der Waals surface area contributed by atoms with E-state index in [1.807, 2.05) is 24.1 Å². The Kier molecular flexibility index (Phi) is 5.39. The monoisotopic (exact) mass is 345 g/mol. The van der Waals surface area contributed by atoms with Crippen LogP contribution in [0.1, 0.15) is 67.2 Å². The van der Waals surface area contributed by atoms with E-state index in [0.29, 0.717) is 16.6 Å². The molecule has 0 atom stereocenters. The van der Waals surface area contributed by atoms with Gasteiger partial charge in [-0.3, -0.25) is 4.79 Å². The highest BCUT2D eigenvalue weighted by Crippen LogP contribution is 2.34. The van der Waals surface area contributed by atoms with Crippen LogP contribution in [0.2, 0.25) is 0 Å². The molecule has 2 N–H and O–H groups in total. The molecule has 0 aromatic carbocycles. The number of pyridine rings is 1. The van der Waals surface area contributed by atoms with Crippen molar-refractivity contribution in [1.82, 2.24) is 9.88 Å². The van der Waals surface area contributed by atoms with Gasteiger partial charge in [0, 0.05) is 24.2 Å². The van der Waals surface area contributed by atoms with Crippen LogP contribution in [0.4, 0.5) is 5.69 Å². The van der Waals surface area contributed by atoms with E-state index in [-0.39, 0.29) is 5.91 Å². The fraction of sp³-hybridized carbons (Fsp3) is 0.579. The van der Waals surface area contributed by atoms with Crippen LogP contribution in [0.25, 0.3) is 10.2 Å². The molecular weight excluding hydrogens is 318 g/mol. The average Bonchev–Trinajstić information content (AvgIpc) is 2.95. The molecule has 2 aromatic heterocycles. The number of fused-ring (bicyclic) bond motifs is 1. The summed E-state index contributed by atoms with van der Waals surface area (Å²) in [5.41, 5.74) is 7.96. The predicted molar refractivity (Wildman–Crippen MR) is 102 cm³/mol. The number of carbonyl (C=O) groups excluding carboxylic acids is 1. The first-order valence-corrected chi connectivity index (χ1v) is 9.88. The third kappa shape index (κ3) is 3.41. The summed E-state index contributed by atoms with van der Waals surface area (Å²) in [5.74, 6) is 0.0532. The van der Waals surface area contributed by atoms with E-state index in [2.05, 4.69) is 6.92 Å². The van der Waals surface area contributed by atoms with Gasteiger partial charge >= 0.3 is 0 Å². The van der Waals surface area contributed by atoms with Crippen LogP contribution in [0, 0.1) is 0 Å². The third-order valence-corrected chi connectivity index (χ3v) is 6.18. The van der Waals surface area contributed by atoms with Gasteiger partial charge in [0.1, 0.15) is 9.71 Å². The molecule has 2 aromatic rings. The lowest BCUT2D eigenvalue weighted by atomic mass is 9.94. The minimum atomic E-state index is 0.0532. The molecule has 24 heavy (non-hydrogen) atoms. The molecule has 1 aliphatic carbocycles. The van der Waals surface area contributed by atoms with Gasteiger partial charge < -0.3 is 10.6 Å². The Labute approximate surface area is 148 Å². The second kappa shape index (κ2) is 7.51. The topological polar surface area (TPSA) is 59.2 Å². The van der Waals surface area contributed by atoms with Crippen LogP contribution < -0.4 is 5.73 Å². The van der Waals surface area contributed by atoms with E-state index in [9.17, 15) is 4.79 Å². The third-order valence-electron chi connectivity index (χ3n) is 5.07. The first-order chi connectivity index (χ1) is 11.6. The molecule has 130 valence electrons. The van der Waals surface area contributed by atoms with Gasteiger partial charge in [-0.05, 0) is 37.8 Å². The minimum Gasteiger partial charge on any atom is -0.397 e. The van der Waals surface area contributed by atoms with Gasteiger partial charge in [-0.15, -0.1) is 11.3 Å². The molecule has 1 fully saturated rings. The van der Waals surface area contributed by atoms with Crippen LogP contribution in [-0.2, 0) is 6.42 Å². The van der Waals surface area contributed by atoms with Crippen molar-refractivity contribution in [1.29, 1.82) is 0 Å². The second-order valence-corrected chi connectivity index (χ2v) is 7.81. The SMILES string of the molecule is CCCCc1ccc2c(N)c(C(=O)N(C)C3CCCCC3)sc2n1. The van der Waals surface area contributed by atoms with Crippen LogP contribution in [0.15, 0.2) is 12.1 Å². The lowest BCUT2D eigenvalue weighted by molar-refractivity contribution is 0.0702. The standard InChI is InChI=1S/C19H27N3OS/c1-3-4-8-13-11-12-15-16(20)17(24-18(15)21-13)19(23)22(2)14-9-6-5-7-10-14/h11-12,14H,3-10,20H2,1-2H3. The lowest BCUT2D eigenvalue weighted by Gasteiger charge is -2.31. The van der Waals surface area contributed by atoms with Gasteiger partial charge in [0.15, 0.2) is 0 Å². The predicted octanol–water partition coefficient (Wildman–Crippen LogP) is 4.63. The van der Waals surface area contributed by atoms with Gasteiger partial charge in [-0.25, -0.2) is 4.98 Å². The molecule has 0 radical (unpaired) electrons. The van der Waals surface area contributed by atoms with Crippen molar-refractivity contribution in [2.45, 2.75) is 64.3 Å². The fourth-order valence-electron chi connectivity index (χ4n) is 3.49. The van der Waals surface area contributed by atoms with Crippen molar-refractivity contribution < 1.29 is 4.79 Å². The smallest absolute Gasteiger partial charge is 0.266 e. The lowest BCUT2D eigenvalue weighted by Crippen LogP contribution is -2.38. The first-order valence-electron chi connectivity index (χ1n) is 9.07. The molecule has 0 aliphatic heterocycles. The van der Waals surface area contributed by atoms with E-state index >= 15 is 0 Å². The number of aromatic nitrogens is 1. The molecule has 4 nitrogen and oxygen atoms in total. The number of thiophene rings is 1. The number of aryl methyl sites for hydroxylation is 1. The summed E-state index contributed by atoms with van der Waals surface area (Å²) in [7, 11) is 1.92. The zero-order valence-electron chi connectivity index (χ0n) is 14.7. The number of hydrogen-bond donors (Lipinski definition) is 1. The number of carbonyl (C=O) groups is 1. The minimum absolute atomic E-state index is 0.0532. The van der Waals surface area contributed by atoms with Crippen molar-refractivity contribution in [2.75, 3.05) is 12.8 Å². The summed E-state index contributed by atoms with van der Waals surface area (Å²) in [6.07, 6.45) is 9.19. The van der Waals surface area contributed by atoms with Crippen LogP contribution in [0.3, 0.4) is 0 Å². The Hall–Kier alpha value is -1.62. The molecule has 5 heteroatoms. The number of unbranched alkanes of at least 4 members (excludes halogenated alkanes) is 1. The summed E-state index contributed by atoms with van der Waals surface area (Å²) >= 11 is 1.44. The van der Waals surface area contributed by atoms with Gasteiger partial charge in [0.2, 0.25) is 0 Å². The van der Waals surface area contributed by atoms with Gasteiger partial charge in [0.05, 0.1) is 5.69 Å². The summed E-state index contributed by atoms with van der Waals surface area (Å²) in [6, 6.07) is 4.42. The number of nitrogen functional groups attached to an aromatic ring is 1. The number of hydrogen-bond acceptors (Lipinski definition) is 4. The van der Waals surface area contributed by atoms with Gasteiger partial charge in [0.25, 0.3) is 5.91 Å². The second-order valence-electron chi connectivity index (χ2n) is 6.81. The normalized spacial score (nSPS) is 15.8. The Morgan fingerprint density at radius 2 is 2.08 bits per heavy atom.